The van der Waals surface area contributed by atoms with Gasteiger partial charge in [0.25, 0.3) is 0 Å². The maximum atomic E-state index is 10.8. The molecule has 0 bridgehead atoms. The molecule has 0 saturated carbocycles. The molecule has 2 aromatic rings. The molecule has 3 N–H and O–H groups in total. The van der Waals surface area contributed by atoms with Gasteiger partial charge < -0.3 is 24.8 Å². The van der Waals surface area contributed by atoms with Crippen molar-refractivity contribution in [3.63, 3.8) is 0 Å². The summed E-state index contributed by atoms with van der Waals surface area (Å²) in [5.41, 5.74) is 0.0804. The SMILES string of the molecule is COc1ccc(CCCCCCCCOc2ccc(SC(O)O)nc2C=CC(=O)O)cc1. The number of aliphatic hydroxyl groups is 2. The molecule has 174 valence electrons. The topological polar surface area (TPSA) is 109 Å². The third kappa shape index (κ3) is 10.2. The molecule has 0 atom stereocenters. The van der Waals surface area contributed by atoms with Gasteiger partial charge in [0.05, 0.1) is 13.7 Å². The van der Waals surface area contributed by atoms with Crippen molar-refractivity contribution in [1.29, 1.82) is 0 Å². The maximum Gasteiger partial charge on any atom is 0.328 e. The molecule has 32 heavy (non-hydrogen) atoms. The zero-order valence-corrected chi connectivity index (χ0v) is 19.1. The number of aryl methyl sites for hydroxylation is 1. The molecular weight excluding hydrogens is 430 g/mol. The van der Waals surface area contributed by atoms with Gasteiger partial charge in [-0.25, -0.2) is 9.78 Å². The van der Waals surface area contributed by atoms with Crippen molar-refractivity contribution in [2.45, 2.75) is 55.6 Å². The van der Waals surface area contributed by atoms with Crippen LogP contribution in [0.15, 0.2) is 47.5 Å². The Hall–Kier alpha value is -2.55. The van der Waals surface area contributed by atoms with Crippen LogP contribution in [-0.2, 0) is 11.2 Å². The summed E-state index contributed by atoms with van der Waals surface area (Å²) in [6.07, 6.45) is 10.0. The van der Waals surface area contributed by atoms with Crippen molar-refractivity contribution < 1.29 is 29.6 Å². The number of aliphatic carboxylic acids is 1. The molecule has 8 heteroatoms. The first-order valence-corrected chi connectivity index (χ1v) is 11.6. The molecule has 0 aliphatic rings. The maximum absolute atomic E-state index is 10.8. The van der Waals surface area contributed by atoms with Crippen molar-refractivity contribution >= 4 is 23.8 Å². The van der Waals surface area contributed by atoms with E-state index in [2.05, 4.69) is 17.1 Å². The Morgan fingerprint density at radius 2 is 1.72 bits per heavy atom. The van der Waals surface area contributed by atoms with Crippen LogP contribution in [0.1, 0.15) is 49.8 Å². The number of unbranched alkanes of at least 4 members (excludes halogenated alkanes) is 5. The number of ether oxygens (including phenoxy) is 2. The summed E-state index contributed by atoms with van der Waals surface area (Å²) >= 11 is 0.755. The average Bonchev–Trinajstić information content (AvgIpc) is 2.77. The number of carboxylic acids is 1. The number of rotatable bonds is 15. The molecule has 0 spiro atoms. The zero-order chi connectivity index (χ0) is 23.2. The van der Waals surface area contributed by atoms with E-state index in [9.17, 15) is 4.79 Å². The van der Waals surface area contributed by atoms with Crippen molar-refractivity contribution in [3.05, 3.63) is 53.7 Å². The highest BCUT2D eigenvalue weighted by molar-refractivity contribution is 7.99. The lowest BCUT2D eigenvalue weighted by Crippen LogP contribution is -2.02. The van der Waals surface area contributed by atoms with Gasteiger partial charge in [-0.05, 0) is 66.9 Å². The number of thioether (sulfide) groups is 1. The second-order valence-electron chi connectivity index (χ2n) is 7.22. The highest BCUT2D eigenvalue weighted by atomic mass is 32.2. The highest BCUT2D eigenvalue weighted by Crippen LogP contribution is 2.25. The first kappa shape index (κ1) is 25.7. The van der Waals surface area contributed by atoms with E-state index in [1.165, 1.54) is 30.9 Å². The predicted molar refractivity (Wildman–Crippen MR) is 125 cm³/mol. The van der Waals surface area contributed by atoms with Gasteiger partial charge in [-0.15, -0.1) is 0 Å². The average molecular weight is 462 g/mol. The summed E-state index contributed by atoms with van der Waals surface area (Å²) < 4.78 is 11.0. The van der Waals surface area contributed by atoms with Crippen LogP contribution in [-0.4, -0.2) is 45.6 Å². The van der Waals surface area contributed by atoms with Gasteiger partial charge in [-0.2, -0.15) is 0 Å². The van der Waals surface area contributed by atoms with Crippen LogP contribution in [0.4, 0.5) is 0 Å². The largest absolute Gasteiger partial charge is 0.497 e. The molecule has 0 radical (unpaired) electrons. The minimum absolute atomic E-state index is 0.344. The van der Waals surface area contributed by atoms with Crippen molar-refractivity contribution in [1.82, 2.24) is 4.98 Å². The van der Waals surface area contributed by atoms with E-state index in [1.807, 2.05) is 12.1 Å². The van der Waals surface area contributed by atoms with Gasteiger partial charge in [0, 0.05) is 6.08 Å². The summed E-state index contributed by atoms with van der Waals surface area (Å²) in [5.74, 6) is 0.263. The van der Waals surface area contributed by atoms with Gasteiger partial charge >= 0.3 is 5.97 Å². The number of aromatic nitrogens is 1. The summed E-state index contributed by atoms with van der Waals surface area (Å²) in [7, 11) is 1.67. The standard InChI is InChI=1S/C24H31NO6S/c1-30-19-11-9-18(10-12-19)8-6-4-2-3-5-7-17-31-21-14-15-22(32-24(28)29)25-20(21)13-16-23(26)27/h9-16,24,28-29H,2-8,17H2,1H3,(H,26,27). The van der Waals surface area contributed by atoms with Crippen LogP contribution < -0.4 is 9.47 Å². The molecule has 2 rings (SSSR count). The van der Waals surface area contributed by atoms with Crippen molar-refractivity contribution in [3.8, 4) is 11.5 Å². The van der Waals surface area contributed by atoms with Crippen molar-refractivity contribution in [2.24, 2.45) is 0 Å². The molecule has 0 fully saturated rings. The van der Waals surface area contributed by atoms with E-state index in [4.69, 9.17) is 24.8 Å². The number of aliphatic hydroxyl groups excluding tert-OH is 1. The number of nitrogens with zero attached hydrogens (tertiary/aromatic N) is 1. The number of hydrogen-bond acceptors (Lipinski definition) is 7. The van der Waals surface area contributed by atoms with Gasteiger partial charge in [0.1, 0.15) is 22.2 Å². The van der Waals surface area contributed by atoms with Gasteiger partial charge in [-0.3, -0.25) is 0 Å². The number of carboxylic acid groups (broad SMARTS) is 1. The fourth-order valence-corrected chi connectivity index (χ4v) is 3.64. The molecule has 7 nitrogen and oxygen atoms in total. The minimum atomic E-state index is -1.60. The predicted octanol–water partition coefficient (Wildman–Crippen LogP) is 4.51. The zero-order valence-electron chi connectivity index (χ0n) is 18.3. The fraction of sp³-hybridized carbons (Fsp3) is 0.417. The Morgan fingerprint density at radius 3 is 2.38 bits per heavy atom. The fourth-order valence-electron chi connectivity index (χ4n) is 3.12. The van der Waals surface area contributed by atoms with Crippen LogP contribution in [0.25, 0.3) is 6.08 Å². The summed E-state index contributed by atoms with van der Waals surface area (Å²) in [6.45, 7) is 0.510. The molecule has 0 aliphatic carbocycles. The van der Waals surface area contributed by atoms with E-state index in [-0.39, 0.29) is 0 Å². The van der Waals surface area contributed by atoms with Gasteiger partial charge in [0.2, 0.25) is 5.62 Å². The summed E-state index contributed by atoms with van der Waals surface area (Å²) in [5, 5.41) is 27.4. The normalized spacial score (nSPS) is 11.2. The number of pyridine rings is 1. The number of carbonyl (C=O) groups is 1. The first-order valence-electron chi connectivity index (χ1n) is 10.7. The molecule has 1 aromatic heterocycles. The molecule has 0 amide bonds. The van der Waals surface area contributed by atoms with Gasteiger partial charge in [0.15, 0.2) is 0 Å². The number of hydrogen-bond donors (Lipinski definition) is 3. The lowest BCUT2D eigenvalue weighted by Gasteiger charge is -2.11. The van der Waals surface area contributed by atoms with E-state index in [1.54, 1.807) is 19.2 Å². The molecule has 1 aromatic carbocycles. The molecule has 1 heterocycles. The quantitative estimate of drug-likeness (QED) is 0.154. The Bertz CT molecular complexity index is 854. The van der Waals surface area contributed by atoms with Crippen LogP contribution >= 0.6 is 11.8 Å². The third-order valence-corrected chi connectivity index (χ3v) is 5.43. The molecule has 0 saturated heterocycles. The van der Waals surface area contributed by atoms with E-state index in [0.29, 0.717) is 23.1 Å². The van der Waals surface area contributed by atoms with Crippen LogP contribution in [0.5, 0.6) is 11.5 Å². The second kappa shape index (κ2) is 14.5. The number of methoxy groups -OCH3 is 1. The third-order valence-electron chi connectivity index (χ3n) is 4.75. The first-order chi connectivity index (χ1) is 15.5. The number of benzene rings is 1. The van der Waals surface area contributed by atoms with Crippen LogP contribution in [0.2, 0.25) is 0 Å². The second-order valence-corrected chi connectivity index (χ2v) is 8.29. The Morgan fingerprint density at radius 1 is 1.03 bits per heavy atom. The highest BCUT2D eigenvalue weighted by Gasteiger charge is 2.09. The summed E-state index contributed by atoms with van der Waals surface area (Å²) in [6, 6.07) is 11.5. The van der Waals surface area contributed by atoms with Crippen LogP contribution in [0, 0.1) is 0 Å². The Labute approximate surface area is 193 Å². The Kier molecular flexibility index (Phi) is 11.6. The van der Waals surface area contributed by atoms with E-state index in [0.717, 1.165) is 49.3 Å². The van der Waals surface area contributed by atoms with Gasteiger partial charge in [-0.1, -0.05) is 37.8 Å². The lowest BCUT2D eigenvalue weighted by molar-refractivity contribution is -0.131. The summed E-state index contributed by atoms with van der Waals surface area (Å²) in [4.78, 5) is 15.0. The minimum Gasteiger partial charge on any atom is -0.497 e. The monoisotopic (exact) mass is 461 g/mol. The van der Waals surface area contributed by atoms with Crippen molar-refractivity contribution in [2.75, 3.05) is 13.7 Å². The smallest absolute Gasteiger partial charge is 0.328 e. The molecular formula is C24H31NO6S. The Balaban J connectivity index is 1.66. The molecule has 0 aliphatic heterocycles. The van der Waals surface area contributed by atoms with E-state index >= 15 is 0 Å². The van der Waals surface area contributed by atoms with Crippen LogP contribution in [0.3, 0.4) is 0 Å². The lowest BCUT2D eigenvalue weighted by atomic mass is 10.0. The molecule has 0 unspecified atom stereocenters. The van der Waals surface area contributed by atoms with E-state index < -0.39 is 11.6 Å².